The van der Waals surface area contributed by atoms with E-state index in [0.29, 0.717) is 11.3 Å². The third kappa shape index (κ3) is 2.96. The van der Waals surface area contributed by atoms with Gasteiger partial charge in [0.1, 0.15) is 11.6 Å². The number of nitro groups is 1. The van der Waals surface area contributed by atoms with Crippen LogP contribution in [0.3, 0.4) is 0 Å². The van der Waals surface area contributed by atoms with Crippen molar-refractivity contribution in [2.45, 2.75) is 6.61 Å². The molecular weight excluding hydrogens is 250 g/mol. The number of nitrogens with two attached hydrogens (primary N) is 1. The number of aromatic nitrogens is 1. The van der Waals surface area contributed by atoms with Gasteiger partial charge in [-0.3, -0.25) is 10.1 Å². The molecule has 0 aliphatic rings. The van der Waals surface area contributed by atoms with Crippen LogP contribution in [-0.2, 0) is 6.61 Å². The fourth-order valence-electron chi connectivity index (χ4n) is 1.52. The number of nitrogen functional groups attached to an aromatic ring is 1. The standard InChI is InChI=1S/C12H11N3O4/c13-11-5-9(15(17)18)6-12(14-11)19-10-4-2-1-3-8(10)7-16/h1-6,16H,7H2,(H2,13,14). The van der Waals surface area contributed by atoms with Crippen LogP contribution in [0.5, 0.6) is 11.6 Å². The number of ether oxygens (including phenoxy) is 1. The molecule has 1 aromatic heterocycles. The molecule has 0 amide bonds. The number of anilines is 1. The zero-order valence-electron chi connectivity index (χ0n) is 9.81. The number of hydrogen-bond acceptors (Lipinski definition) is 6. The first-order valence-electron chi connectivity index (χ1n) is 5.38. The maximum Gasteiger partial charge on any atom is 0.278 e. The average molecular weight is 261 g/mol. The topological polar surface area (TPSA) is 112 Å². The van der Waals surface area contributed by atoms with Gasteiger partial charge >= 0.3 is 0 Å². The molecule has 0 unspecified atom stereocenters. The number of rotatable bonds is 4. The molecule has 1 heterocycles. The molecule has 7 nitrogen and oxygen atoms in total. The third-order valence-electron chi connectivity index (χ3n) is 2.37. The first-order valence-corrected chi connectivity index (χ1v) is 5.38. The van der Waals surface area contributed by atoms with Crippen molar-refractivity contribution in [3.05, 3.63) is 52.1 Å². The van der Waals surface area contributed by atoms with E-state index in [1.54, 1.807) is 24.3 Å². The number of pyridine rings is 1. The van der Waals surface area contributed by atoms with E-state index in [2.05, 4.69) is 4.98 Å². The summed E-state index contributed by atoms with van der Waals surface area (Å²) in [7, 11) is 0. The van der Waals surface area contributed by atoms with Gasteiger partial charge in [-0.05, 0) is 6.07 Å². The zero-order valence-corrected chi connectivity index (χ0v) is 9.81. The second-order valence-corrected chi connectivity index (χ2v) is 3.71. The molecule has 0 bridgehead atoms. The Hall–Kier alpha value is -2.67. The SMILES string of the molecule is Nc1cc([N+](=O)[O-])cc(Oc2ccccc2CO)n1. The Kier molecular flexibility index (Phi) is 3.58. The van der Waals surface area contributed by atoms with Crippen LogP contribution in [0.25, 0.3) is 0 Å². The molecule has 0 aliphatic carbocycles. The van der Waals surface area contributed by atoms with E-state index in [-0.39, 0.29) is 24.0 Å². The van der Waals surface area contributed by atoms with Crippen LogP contribution in [0.4, 0.5) is 11.5 Å². The summed E-state index contributed by atoms with van der Waals surface area (Å²) in [6.45, 7) is -0.208. The lowest BCUT2D eigenvalue weighted by atomic mass is 10.2. The Morgan fingerprint density at radius 1 is 1.37 bits per heavy atom. The lowest BCUT2D eigenvalue weighted by molar-refractivity contribution is -0.384. The van der Waals surface area contributed by atoms with Crippen LogP contribution in [0.1, 0.15) is 5.56 Å². The van der Waals surface area contributed by atoms with Crippen molar-refractivity contribution in [2.75, 3.05) is 5.73 Å². The molecule has 2 aromatic rings. The lowest BCUT2D eigenvalue weighted by Crippen LogP contribution is -1.98. The molecule has 0 radical (unpaired) electrons. The number of hydrogen-bond donors (Lipinski definition) is 2. The molecule has 19 heavy (non-hydrogen) atoms. The minimum atomic E-state index is -0.581. The Bertz CT molecular complexity index is 616. The molecule has 0 spiro atoms. The lowest BCUT2D eigenvalue weighted by Gasteiger charge is -2.08. The summed E-state index contributed by atoms with van der Waals surface area (Å²) in [6.07, 6.45) is 0. The van der Waals surface area contributed by atoms with Crippen molar-refractivity contribution >= 4 is 11.5 Å². The summed E-state index contributed by atoms with van der Waals surface area (Å²) in [5.41, 5.74) is 5.82. The fraction of sp³-hybridized carbons (Fsp3) is 0.0833. The minimum absolute atomic E-state index is 0.00704. The summed E-state index contributed by atoms with van der Waals surface area (Å²) in [5, 5.41) is 19.9. The second kappa shape index (κ2) is 5.32. The van der Waals surface area contributed by atoms with Gasteiger partial charge in [-0.2, -0.15) is 4.98 Å². The average Bonchev–Trinajstić information content (AvgIpc) is 2.38. The van der Waals surface area contributed by atoms with Gasteiger partial charge in [0.2, 0.25) is 5.88 Å². The fourth-order valence-corrected chi connectivity index (χ4v) is 1.52. The molecular formula is C12H11N3O4. The largest absolute Gasteiger partial charge is 0.438 e. The van der Waals surface area contributed by atoms with Crippen molar-refractivity contribution < 1.29 is 14.8 Å². The van der Waals surface area contributed by atoms with E-state index in [4.69, 9.17) is 15.6 Å². The molecule has 0 aliphatic heterocycles. The Labute approximate surface area is 108 Å². The molecule has 2 rings (SSSR count). The van der Waals surface area contributed by atoms with Gasteiger partial charge in [-0.25, -0.2) is 0 Å². The number of aliphatic hydroxyl groups excluding tert-OH is 1. The molecule has 0 saturated heterocycles. The third-order valence-corrected chi connectivity index (χ3v) is 2.37. The van der Waals surface area contributed by atoms with Crippen molar-refractivity contribution in [1.29, 1.82) is 0 Å². The molecule has 98 valence electrons. The minimum Gasteiger partial charge on any atom is -0.438 e. The number of benzene rings is 1. The zero-order chi connectivity index (χ0) is 13.8. The van der Waals surface area contributed by atoms with Gasteiger partial charge in [0, 0.05) is 5.56 Å². The van der Waals surface area contributed by atoms with Crippen LogP contribution in [0.15, 0.2) is 36.4 Å². The summed E-state index contributed by atoms with van der Waals surface area (Å²) in [5.74, 6) is 0.371. The highest BCUT2D eigenvalue weighted by Gasteiger charge is 2.12. The second-order valence-electron chi connectivity index (χ2n) is 3.71. The maximum absolute atomic E-state index is 10.7. The monoisotopic (exact) mass is 261 g/mol. The van der Waals surface area contributed by atoms with Gasteiger partial charge < -0.3 is 15.6 Å². The van der Waals surface area contributed by atoms with Crippen LogP contribution in [0.2, 0.25) is 0 Å². The molecule has 1 aromatic carbocycles. The smallest absolute Gasteiger partial charge is 0.278 e. The van der Waals surface area contributed by atoms with E-state index in [1.807, 2.05) is 0 Å². The molecule has 3 N–H and O–H groups in total. The maximum atomic E-state index is 10.7. The molecule has 0 fully saturated rings. The highest BCUT2D eigenvalue weighted by Crippen LogP contribution is 2.27. The predicted molar refractivity (Wildman–Crippen MR) is 67.7 cm³/mol. The number of aliphatic hydroxyl groups is 1. The summed E-state index contributed by atoms with van der Waals surface area (Å²) in [6, 6.07) is 9.08. The highest BCUT2D eigenvalue weighted by atomic mass is 16.6. The van der Waals surface area contributed by atoms with E-state index in [9.17, 15) is 10.1 Å². The van der Waals surface area contributed by atoms with E-state index >= 15 is 0 Å². The predicted octanol–water partition coefficient (Wildman–Crippen LogP) is 1.86. The highest BCUT2D eigenvalue weighted by molar-refractivity contribution is 5.46. The van der Waals surface area contributed by atoms with Crippen LogP contribution in [-0.4, -0.2) is 15.0 Å². The van der Waals surface area contributed by atoms with Crippen molar-refractivity contribution in [1.82, 2.24) is 4.98 Å². The molecule has 0 saturated carbocycles. The number of nitrogens with zero attached hydrogens (tertiary/aromatic N) is 2. The van der Waals surface area contributed by atoms with Crippen LogP contribution >= 0.6 is 0 Å². The Balaban J connectivity index is 2.35. The van der Waals surface area contributed by atoms with Gasteiger partial charge in [-0.1, -0.05) is 18.2 Å². The normalized spacial score (nSPS) is 10.2. The first-order chi connectivity index (χ1) is 9.10. The van der Waals surface area contributed by atoms with Gasteiger partial charge in [0.15, 0.2) is 0 Å². The van der Waals surface area contributed by atoms with Crippen LogP contribution in [0, 0.1) is 10.1 Å². The first kappa shape index (κ1) is 12.8. The molecule has 7 heteroatoms. The van der Waals surface area contributed by atoms with Crippen molar-refractivity contribution in [3.63, 3.8) is 0 Å². The van der Waals surface area contributed by atoms with Gasteiger partial charge in [0.25, 0.3) is 5.69 Å². The van der Waals surface area contributed by atoms with Crippen molar-refractivity contribution in [3.8, 4) is 11.6 Å². The van der Waals surface area contributed by atoms with E-state index < -0.39 is 4.92 Å². The van der Waals surface area contributed by atoms with E-state index in [1.165, 1.54) is 6.07 Å². The number of para-hydroxylation sites is 1. The Morgan fingerprint density at radius 2 is 2.11 bits per heavy atom. The van der Waals surface area contributed by atoms with Crippen LogP contribution < -0.4 is 10.5 Å². The Morgan fingerprint density at radius 3 is 2.79 bits per heavy atom. The van der Waals surface area contributed by atoms with E-state index in [0.717, 1.165) is 6.07 Å². The van der Waals surface area contributed by atoms with Gasteiger partial charge in [-0.15, -0.1) is 0 Å². The summed E-state index contributed by atoms with van der Waals surface area (Å²) in [4.78, 5) is 14.0. The van der Waals surface area contributed by atoms with Gasteiger partial charge in [0.05, 0.1) is 23.7 Å². The quantitative estimate of drug-likeness (QED) is 0.641. The van der Waals surface area contributed by atoms with Crippen molar-refractivity contribution in [2.24, 2.45) is 0 Å². The summed E-state index contributed by atoms with van der Waals surface area (Å²) >= 11 is 0. The molecule has 0 atom stereocenters. The summed E-state index contributed by atoms with van der Waals surface area (Å²) < 4.78 is 5.42.